The van der Waals surface area contributed by atoms with Gasteiger partial charge in [0.1, 0.15) is 11.4 Å². The SMILES string of the molecule is CCn1nccc1OC(=O)c1cnc(-c2ccccc2)n(Cc2ccccc2)c1=O. The molecule has 0 saturated carbocycles. The van der Waals surface area contributed by atoms with E-state index >= 15 is 0 Å². The topological polar surface area (TPSA) is 79.0 Å². The van der Waals surface area contributed by atoms with Gasteiger partial charge in [-0.15, -0.1) is 0 Å². The standard InChI is InChI=1S/C23H20N4O3/c1-2-27-20(13-14-25-27)30-23(29)19-15-24-21(18-11-7-4-8-12-18)26(22(19)28)16-17-9-5-3-6-10-17/h3-15H,2,16H2,1H3. The maximum atomic E-state index is 13.3. The van der Waals surface area contributed by atoms with E-state index in [1.807, 2.05) is 67.6 Å². The van der Waals surface area contributed by atoms with Crippen molar-refractivity contribution in [1.82, 2.24) is 19.3 Å². The summed E-state index contributed by atoms with van der Waals surface area (Å²) in [6.07, 6.45) is 2.82. The largest absolute Gasteiger partial charge is 0.404 e. The predicted octanol–water partition coefficient (Wildman–Crippen LogP) is 3.39. The minimum absolute atomic E-state index is 0.130. The normalized spacial score (nSPS) is 10.7. The van der Waals surface area contributed by atoms with E-state index in [1.165, 1.54) is 21.6 Å². The van der Waals surface area contributed by atoms with Gasteiger partial charge in [0.15, 0.2) is 0 Å². The zero-order chi connectivity index (χ0) is 20.9. The first-order chi connectivity index (χ1) is 14.7. The van der Waals surface area contributed by atoms with Crippen LogP contribution in [-0.4, -0.2) is 25.3 Å². The Bertz CT molecular complexity index is 1210. The lowest BCUT2D eigenvalue weighted by Gasteiger charge is -2.14. The zero-order valence-corrected chi connectivity index (χ0v) is 16.4. The summed E-state index contributed by atoms with van der Waals surface area (Å²) < 4.78 is 8.43. The van der Waals surface area contributed by atoms with Crippen LogP contribution in [0.5, 0.6) is 5.88 Å². The summed E-state index contributed by atoms with van der Waals surface area (Å²) in [6.45, 7) is 2.71. The van der Waals surface area contributed by atoms with Crippen LogP contribution in [0, 0.1) is 0 Å². The number of aromatic nitrogens is 4. The first-order valence-electron chi connectivity index (χ1n) is 9.60. The fourth-order valence-electron chi connectivity index (χ4n) is 3.16. The molecule has 0 amide bonds. The highest BCUT2D eigenvalue weighted by Crippen LogP contribution is 2.17. The number of carbonyl (C=O) groups excluding carboxylic acids is 1. The lowest BCUT2D eigenvalue weighted by atomic mass is 10.1. The zero-order valence-electron chi connectivity index (χ0n) is 16.4. The Balaban J connectivity index is 1.77. The molecule has 0 saturated heterocycles. The first-order valence-corrected chi connectivity index (χ1v) is 9.60. The number of esters is 1. The summed E-state index contributed by atoms with van der Waals surface area (Å²) in [4.78, 5) is 30.5. The number of ether oxygens (including phenoxy) is 1. The maximum absolute atomic E-state index is 13.3. The third-order valence-electron chi connectivity index (χ3n) is 4.66. The summed E-state index contributed by atoms with van der Waals surface area (Å²) >= 11 is 0. The van der Waals surface area contributed by atoms with Crippen LogP contribution in [-0.2, 0) is 13.1 Å². The van der Waals surface area contributed by atoms with E-state index in [2.05, 4.69) is 10.1 Å². The van der Waals surface area contributed by atoms with Crippen LogP contribution in [0.25, 0.3) is 11.4 Å². The Kier molecular flexibility index (Phi) is 5.52. The van der Waals surface area contributed by atoms with Crippen LogP contribution in [0.15, 0.2) is 83.9 Å². The molecule has 2 heterocycles. The predicted molar refractivity (Wildman–Crippen MR) is 112 cm³/mol. The van der Waals surface area contributed by atoms with Crippen molar-refractivity contribution in [1.29, 1.82) is 0 Å². The first kappa shape index (κ1) is 19.3. The fraction of sp³-hybridized carbons (Fsp3) is 0.130. The highest BCUT2D eigenvalue weighted by atomic mass is 16.5. The molecular weight excluding hydrogens is 380 g/mol. The third-order valence-corrected chi connectivity index (χ3v) is 4.66. The van der Waals surface area contributed by atoms with Gasteiger partial charge in [-0.25, -0.2) is 14.5 Å². The molecule has 0 radical (unpaired) electrons. The number of nitrogens with zero attached hydrogens (tertiary/aromatic N) is 4. The van der Waals surface area contributed by atoms with Gasteiger partial charge >= 0.3 is 5.97 Å². The minimum Gasteiger partial charge on any atom is -0.404 e. The molecule has 0 unspecified atom stereocenters. The van der Waals surface area contributed by atoms with Crippen molar-refractivity contribution in [2.75, 3.05) is 0 Å². The van der Waals surface area contributed by atoms with E-state index in [4.69, 9.17) is 4.74 Å². The second-order valence-corrected chi connectivity index (χ2v) is 6.61. The molecule has 2 aromatic heterocycles. The fourth-order valence-corrected chi connectivity index (χ4v) is 3.16. The van der Waals surface area contributed by atoms with E-state index in [-0.39, 0.29) is 18.0 Å². The average molecular weight is 400 g/mol. The number of hydrogen-bond donors (Lipinski definition) is 0. The molecule has 4 aromatic rings. The second-order valence-electron chi connectivity index (χ2n) is 6.61. The Morgan fingerprint density at radius 2 is 1.70 bits per heavy atom. The van der Waals surface area contributed by atoms with Gasteiger partial charge in [-0.2, -0.15) is 5.10 Å². The molecule has 0 N–H and O–H groups in total. The van der Waals surface area contributed by atoms with Crippen molar-refractivity contribution in [2.24, 2.45) is 0 Å². The van der Waals surface area contributed by atoms with Crippen LogP contribution in [0.3, 0.4) is 0 Å². The highest BCUT2D eigenvalue weighted by Gasteiger charge is 2.20. The minimum atomic E-state index is -0.760. The molecule has 7 nitrogen and oxygen atoms in total. The number of benzene rings is 2. The van der Waals surface area contributed by atoms with Gasteiger partial charge in [0, 0.05) is 24.4 Å². The Morgan fingerprint density at radius 3 is 2.40 bits per heavy atom. The number of hydrogen-bond acceptors (Lipinski definition) is 5. The molecule has 30 heavy (non-hydrogen) atoms. The van der Waals surface area contributed by atoms with Crippen LogP contribution < -0.4 is 10.3 Å². The van der Waals surface area contributed by atoms with Gasteiger partial charge in [0.25, 0.3) is 5.56 Å². The smallest absolute Gasteiger partial charge is 0.352 e. The van der Waals surface area contributed by atoms with Crippen molar-refractivity contribution in [3.63, 3.8) is 0 Å². The van der Waals surface area contributed by atoms with E-state index in [1.54, 1.807) is 6.07 Å². The number of carbonyl (C=O) groups is 1. The van der Waals surface area contributed by atoms with Crippen LogP contribution in [0.4, 0.5) is 0 Å². The van der Waals surface area contributed by atoms with Crippen LogP contribution in [0.1, 0.15) is 22.8 Å². The molecule has 150 valence electrons. The van der Waals surface area contributed by atoms with Crippen molar-refractivity contribution in [2.45, 2.75) is 20.0 Å². The van der Waals surface area contributed by atoms with Gasteiger partial charge in [-0.1, -0.05) is 60.7 Å². The summed E-state index contributed by atoms with van der Waals surface area (Å²) in [6, 6.07) is 20.5. The summed E-state index contributed by atoms with van der Waals surface area (Å²) in [5, 5.41) is 4.07. The van der Waals surface area contributed by atoms with Crippen molar-refractivity contribution >= 4 is 5.97 Å². The lowest BCUT2D eigenvalue weighted by molar-refractivity contribution is 0.0715. The summed E-state index contributed by atoms with van der Waals surface area (Å²) in [7, 11) is 0. The van der Waals surface area contributed by atoms with Gasteiger partial charge in [-0.3, -0.25) is 9.36 Å². The van der Waals surface area contributed by atoms with Gasteiger partial charge in [0.05, 0.1) is 12.7 Å². The number of rotatable bonds is 6. The van der Waals surface area contributed by atoms with Crippen molar-refractivity contribution in [3.8, 4) is 17.3 Å². The molecule has 0 aliphatic heterocycles. The Labute approximate surface area is 173 Å². The molecular formula is C23H20N4O3. The van der Waals surface area contributed by atoms with Crippen molar-refractivity contribution in [3.05, 3.63) is 101 Å². The molecule has 0 spiro atoms. The maximum Gasteiger partial charge on any atom is 0.352 e. The average Bonchev–Trinajstić information content (AvgIpc) is 3.23. The Hall–Kier alpha value is -4.00. The van der Waals surface area contributed by atoms with E-state index in [0.29, 0.717) is 12.4 Å². The lowest BCUT2D eigenvalue weighted by Crippen LogP contribution is -2.31. The monoisotopic (exact) mass is 400 g/mol. The molecule has 0 atom stereocenters. The van der Waals surface area contributed by atoms with Crippen molar-refractivity contribution < 1.29 is 9.53 Å². The molecule has 0 bridgehead atoms. The molecule has 2 aromatic carbocycles. The summed E-state index contributed by atoms with van der Waals surface area (Å²) in [5.41, 5.74) is 1.12. The van der Waals surface area contributed by atoms with E-state index < -0.39 is 11.5 Å². The number of aryl methyl sites for hydroxylation is 1. The van der Waals surface area contributed by atoms with Gasteiger partial charge in [-0.05, 0) is 12.5 Å². The third kappa shape index (κ3) is 3.91. The second kappa shape index (κ2) is 8.57. The molecule has 4 rings (SSSR count). The molecule has 0 aliphatic rings. The van der Waals surface area contributed by atoms with E-state index in [9.17, 15) is 9.59 Å². The van der Waals surface area contributed by atoms with Gasteiger partial charge in [0.2, 0.25) is 5.88 Å². The van der Waals surface area contributed by atoms with Crippen LogP contribution in [0.2, 0.25) is 0 Å². The quantitative estimate of drug-likeness (QED) is 0.464. The highest BCUT2D eigenvalue weighted by molar-refractivity contribution is 5.90. The van der Waals surface area contributed by atoms with Crippen LogP contribution >= 0.6 is 0 Å². The molecule has 0 fully saturated rings. The van der Waals surface area contributed by atoms with Gasteiger partial charge < -0.3 is 4.74 Å². The molecule has 0 aliphatic carbocycles. The summed E-state index contributed by atoms with van der Waals surface area (Å²) in [5.74, 6) is 0.00683. The molecule has 7 heteroatoms. The van der Waals surface area contributed by atoms with E-state index in [0.717, 1.165) is 11.1 Å². The Morgan fingerprint density at radius 1 is 1.00 bits per heavy atom.